The fourth-order valence-corrected chi connectivity index (χ4v) is 2.29. The van der Waals surface area contributed by atoms with E-state index in [1.165, 1.54) is 12.1 Å². The van der Waals surface area contributed by atoms with E-state index >= 15 is 0 Å². The first-order valence-electron chi connectivity index (χ1n) is 6.37. The zero-order valence-electron chi connectivity index (χ0n) is 11.1. The number of halogens is 2. The highest BCUT2D eigenvalue weighted by atomic mass is 35.5. The Kier molecular flexibility index (Phi) is 6.25. The summed E-state index contributed by atoms with van der Waals surface area (Å²) in [6.07, 6.45) is 2.75. The van der Waals surface area contributed by atoms with E-state index in [4.69, 9.17) is 0 Å². The van der Waals surface area contributed by atoms with Gasteiger partial charge in [0.1, 0.15) is 5.82 Å². The third-order valence-electron chi connectivity index (χ3n) is 3.32. The molecule has 0 aromatic heterocycles. The van der Waals surface area contributed by atoms with E-state index in [0.717, 1.165) is 24.9 Å². The van der Waals surface area contributed by atoms with Gasteiger partial charge in [0.25, 0.3) is 0 Å². The number of carbonyl (C=O) groups excluding carboxylic acids is 1. The Hall–Kier alpha value is -1.13. The minimum atomic E-state index is -0.259. The second-order valence-corrected chi connectivity index (χ2v) is 4.88. The highest BCUT2D eigenvalue weighted by Crippen LogP contribution is 2.12. The first-order chi connectivity index (χ1) is 8.65. The van der Waals surface area contributed by atoms with Gasteiger partial charge in [-0.15, -0.1) is 12.4 Å². The van der Waals surface area contributed by atoms with Gasteiger partial charge in [0.05, 0.1) is 0 Å². The van der Waals surface area contributed by atoms with Crippen molar-refractivity contribution in [1.82, 2.24) is 10.2 Å². The molecule has 1 saturated heterocycles. The van der Waals surface area contributed by atoms with Gasteiger partial charge >= 0.3 is 0 Å². The number of benzene rings is 1. The number of rotatable bonds is 4. The summed E-state index contributed by atoms with van der Waals surface area (Å²) in [6.45, 7) is 1.47. The van der Waals surface area contributed by atoms with E-state index < -0.39 is 0 Å². The second-order valence-electron chi connectivity index (χ2n) is 4.88. The molecule has 2 rings (SSSR count). The molecule has 1 aromatic rings. The zero-order chi connectivity index (χ0) is 13.0. The largest absolute Gasteiger partial charge is 0.341 e. The molecule has 106 valence electrons. The smallest absolute Gasteiger partial charge is 0.224 e. The molecule has 1 unspecified atom stereocenters. The number of nitrogens with zero attached hydrogens (tertiary/aromatic N) is 1. The van der Waals surface area contributed by atoms with Crippen LogP contribution >= 0.6 is 12.4 Å². The summed E-state index contributed by atoms with van der Waals surface area (Å²) in [5.41, 5.74) is 0.824. The minimum absolute atomic E-state index is 0. The van der Waals surface area contributed by atoms with Crippen LogP contribution < -0.4 is 5.32 Å². The van der Waals surface area contributed by atoms with Crippen LogP contribution in [0.5, 0.6) is 0 Å². The Morgan fingerprint density at radius 2 is 2.32 bits per heavy atom. The van der Waals surface area contributed by atoms with E-state index in [-0.39, 0.29) is 24.1 Å². The van der Waals surface area contributed by atoms with Gasteiger partial charge in [0.15, 0.2) is 0 Å². The van der Waals surface area contributed by atoms with Gasteiger partial charge < -0.3 is 10.2 Å². The second kappa shape index (κ2) is 7.46. The van der Waals surface area contributed by atoms with E-state index in [2.05, 4.69) is 5.32 Å². The summed E-state index contributed by atoms with van der Waals surface area (Å²) in [4.78, 5) is 13.6. The molecule has 1 aromatic carbocycles. The number of nitrogens with one attached hydrogen (secondary N) is 1. The molecular weight excluding hydrogens is 267 g/mol. The summed E-state index contributed by atoms with van der Waals surface area (Å²) in [7, 11) is 1.77. The van der Waals surface area contributed by atoms with E-state index in [1.807, 2.05) is 6.07 Å². The molecule has 1 aliphatic heterocycles. The van der Waals surface area contributed by atoms with Crippen LogP contribution in [0, 0.1) is 5.82 Å². The molecule has 0 bridgehead atoms. The molecule has 0 saturated carbocycles. The number of hydrogen-bond donors (Lipinski definition) is 1. The van der Waals surface area contributed by atoms with Gasteiger partial charge in [0.2, 0.25) is 5.91 Å². The molecule has 1 amide bonds. The Bertz CT molecular complexity index is 422. The third kappa shape index (κ3) is 4.80. The van der Waals surface area contributed by atoms with Crippen molar-refractivity contribution >= 4 is 18.3 Å². The molecule has 1 fully saturated rings. The lowest BCUT2D eigenvalue weighted by Crippen LogP contribution is -2.33. The quantitative estimate of drug-likeness (QED) is 0.921. The van der Waals surface area contributed by atoms with E-state index in [9.17, 15) is 9.18 Å². The monoisotopic (exact) mass is 286 g/mol. The summed E-state index contributed by atoms with van der Waals surface area (Å²) >= 11 is 0. The Labute approximate surface area is 119 Å². The molecular formula is C14H20ClFN2O. The van der Waals surface area contributed by atoms with Crippen LogP contribution in [0.25, 0.3) is 0 Å². The third-order valence-corrected chi connectivity index (χ3v) is 3.32. The van der Waals surface area contributed by atoms with Gasteiger partial charge in [-0.1, -0.05) is 12.1 Å². The molecule has 0 radical (unpaired) electrons. The summed E-state index contributed by atoms with van der Waals surface area (Å²) in [5, 5.41) is 3.31. The Morgan fingerprint density at radius 1 is 1.53 bits per heavy atom. The summed E-state index contributed by atoms with van der Waals surface area (Å²) in [6, 6.07) is 6.69. The molecule has 1 N–H and O–H groups in total. The fraction of sp³-hybridized carbons (Fsp3) is 0.500. The van der Waals surface area contributed by atoms with Crippen molar-refractivity contribution in [2.45, 2.75) is 31.8 Å². The maximum absolute atomic E-state index is 13.0. The lowest BCUT2D eigenvalue weighted by Gasteiger charge is -2.19. The topological polar surface area (TPSA) is 32.3 Å². The van der Waals surface area contributed by atoms with Crippen molar-refractivity contribution < 1.29 is 9.18 Å². The van der Waals surface area contributed by atoms with Gasteiger partial charge in [0, 0.05) is 26.1 Å². The minimum Gasteiger partial charge on any atom is -0.341 e. The van der Waals surface area contributed by atoms with Crippen LogP contribution in [0.2, 0.25) is 0 Å². The lowest BCUT2D eigenvalue weighted by atomic mass is 10.1. The normalized spacial score (nSPS) is 17.9. The average Bonchev–Trinajstić information content (AvgIpc) is 2.81. The summed E-state index contributed by atoms with van der Waals surface area (Å²) in [5.74, 6) is -0.149. The number of carbonyl (C=O) groups is 1. The predicted octanol–water partition coefficient (Wildman–Crippen LogP) is 2.35. The molecule has 1 atom stereocenters. The van der Waals surface area contributed by atoms with Gasteiger partial charge in [-0.2, -0.15) is 0 Å². The standard InChI is InChI=1S/C14H19FN2O.ClH/c1-17(10-11-4-2-5-12(15)8-11)14(18)9-13-6-3-7-16-13;/h2,4-5,8,13,16H,3,6-7,9-10H2,1H3;1H. The lowest BCUT2D eigenvalue weighted by molar-refractivity contribution is -0.130. The molecule has 1 heterocycles. The Balaban J connectivity index is 0.00000180. The number of amides is 1. The molecule has 5 heteroatoms. The zero-order valence-corrected chi connectivity index (χ0v) is 11.9. The van der Waals surface area contributed by atoms with Crippen molar-refractivity contribution in [2.24, 2.45) is 0 Å². The highest BCUT2D eigenvalue weighted by molar-refractivity contribution is 5.85. The average molecular weight is 287 g/mol. The summed E-state index contributed by atoms with van der Waals surface area (Å²) < 4.78 is 13.0. The van der Waals surface area contributed by atoms with E-state index in [0.29, 0.717) is 19.0 Å². The molecule has 0 aliphatic carbocycles. The first kappa shape index (κ1) is 15.9. The van der Waals surface area contributed by atoms with Crippen molar-refractivity contribution in [3.63, 3.8) is 0 Å². The molecule has 0 spiro atoms. The van der Waals surface area contributed by atoms with Gasteiger partial charge in [-0.25, -0.2) is 4.39 Å². The van der Waals surface area contributed by atoms with Crippen molar-refractivity contribution in [1.29, 1.82) is 0 Å². The maximum Gasteiger partial charge on any atom is 0.224 e. The van der Waals surface area contributed by atoms with Crippen LogP contribution in [0.1, 0.15) is 24.8 Å². The van der Waals surface area contributed by atoms with Gasteiger partial charge in [-0.05, 0) is 37.1 Å². The highest BCUT2D eigenvalue weighted by Gasteiger charge is 2.19. The van der Waals surface area contributed by atoms with Crippen molar-refractivity contribution in [3.05, 3.63) is 35.6 Å². The molecule has 19 heavy (non-hydrogen) atoms. The van der Waals surface area contributed by atoms with Gasteiger partial charge in [-0.3, -0.25) is 4.79 Å². The van der Waals surface area contributed by atoms with Crippen LogP contribution in [0.15, 0.2) is 24.3 Å². The van der Waals surface area contributed by atoms with Crippen LogP contribution in [0.3, 0.4) is 0 Å². The van der Waals surface area contributed by atoms with Crippen LogP contribution in [0.4, 0.5) is 4.39 Å². The van der Waals surface area contributed by atoms with Crippen molar-refractivity contribution in [3.8, 4) is 0 Å². The maximum atomic E-state index is 13.0. The van der Waals surface area contributed by atoms with E-state index in [1.54, 1.807) is 18.0 Å². The molecule has 1 aliphatic rings. The SMILES string of the molecule is CN(Cc1cccc(F)c1)C(=O)CC1CCCN1.Cl. The van der Waals surface area contributed by atoms with Crippen LogP contribution in [-0.4, -0.2) is 30.4 Å². The molecule has 3 nitrogen and oxygen atoms in total. The fourth-order valence-electron chi connectivity index (χ4n) is 2.29. The van der Waals surface area contributed by atoms with Crippen LogP contribution in [-0.2, 0) is 11.3 Å². The van der Waals surface area contributed by atoms with Crippen molar-refractivity contribution in [2.75, 3.05) is 13.6 Å². The first-order valence-corrected chi connectivity index (χ1v) is 6.37. The predicted molar refractivity (Wildman–Crippen MR) is 75.8 cm³/mol. The number of hydrogen-bond acceptors (Lipinski definition) is 2. The Morgan fingerprint density at radius 3 is 2.95 bits per heavy atom.